The van der Waals surface area contributed by atoms with Gasteiger partial charge in [0, 0.05) is 34.2 Å². The number of hydrogen-bond donors (Lipinski definition) is 1. The Hall–Kier alpha value is -3.43. The van der Waals surface area contributed by atoms with E-state index < -0.39 is 0 Å². The molecule has 3 heterocycles. The third-order valence-corrected chi connectivity index (χ3v) is 6.09. The normalized spacial score (nSPS) is 11.7. The molecular weight excluding hydrogens is 380 g/mol. The second-order valence-electron chi connectivity index (χ2n) is 7.00. The van der Waals surface area contributed by atoms with Gasteiger partial charge in [0.05, 0.1) is 18.0 Å². The number of aromatic amines is 1. The third kappa shape index (κ3) is 3.41. The van der Waals surface area contributed by atoms with Gasteiger partial charge in [-0.05, 0) is 54.1 Å². The topological polar surface area (TPSA) is 74.6 Å². The van der Waals surface area contributed by atoms with Crippen molar-refractivity contribution < 1.29 is 4.74 Å². The van der Waals surface area contributed by atoms with Crippen molar-refractivity contribution in [3.63, 3.8) is 0 Å². The van der Waals surface area contributed by atoms with Gasteiger partial charge in [0.15, 0.2) is 0 Å². The lowest BCUT2D eigenvalue weighted by Crippen LogP contribution is -1.99. The van der Waals surface area contributed by atoms with Gasteiger partial charge in [-0.25, -0.2) is 4.98 Å². The predicted octanol–water partition coefficient (Wildman–Crippen LogP) is 4.99. The Morgan fingerprint density at radius 2 is 2.17 bits per heavy atom. The molecule has 0 spiro atoms. The summed E-state index contributed by atoms with van der Waals surface area (Å²) in [4.78, 5) is 5.57. The fourth-order valence-corrected chi connectivity index (χ4v) is 4.46. The Bertz CT molecular complexity index is 1190. The summed E-state index contributed by atoms with van der Waals surface area (Å²) >= 11 is 1.79. The summed E-state index contributed by atoms with van der Waals surface area (Å²) < 4.78 is 5.99. The number of nitriles is 1. The van der Waals surface area contributed by atoms with Crippen LogP contribution in [0.1, 0.15) is 28.1 Å². The quantitative estimate of drug-likeness (QED) is 0.409. The van der Waals surface area contributed by atoms with Gasteiger partial charge in [-0.3, -0.25) is 5.10 Å². The summed E-state index contributed by atoms with van der Waals surface area (Å²) in [5.41, 5.74) is 6.85. The molecule has 1 aromatic carbocycles. The molecule has 0 radical (unpaired) electrons. The SMILES string of the molecule is N#Cc1ccc(-c2n[nH]c3c2Cc2ccc(OCCCc4cccs4)cc2-3)cn1. The van der Waals surface area contributed by atoms with Gasteiger partial charge in [-0.15, -0.1) is 11.3 Å². The first-order valence-electron chi connectivity index (χ1n) is 9.54. The van der Waals surface area contributed by atoms with Crippen molar-refractivity contribution in [1.82, 2.24) is 15.2 Å². The molecule has 0 bridgehead atoms. The molecule has 29 heavy (non-hydrogen) atoms. The van der Waals surface area contributed by atoms with Gasteiger partial charge >= 0.3 is 0 Å². The van der Waals surface area contributed by atoms with Gasteiger partial charge in [0.2, 0.25) is 0 Å². The number of H-pyrrole nitrogens is 1. The minimum Gasteiger partial charge on any atom is -0.494 e. The molecule has 5 nitrogen and oxygen atoms in total. The molecule has 1 aliphatic rings. The van der Waals surface area contributed by atoms with Crippen LogP contribution in [0.25, 0.3) is 22.5 Å². The molecule has 0 fully saturated rings. The fourth-order valence-electron chi connectivity index (χ4n) is 3.71. The van der Waals surface area contributed by atoms with E-state index in [-0.39, 0.29) is 0 Å². The van der Waals surface area contributed by atoms with Crippen LogP contribution >= 0.6 is 11.3 Å². The van der Waals surface area contributed by atoms with Crippen LogP contribution in [0.4, 0.5) is 0 Å². The molecule has 6 heteroatoms. The minimum absolute atomic E-state index is 0.407. The van der Waals surface area contributed by atoms with Crippen molar-refractivity contribution in [3.8, 4) is 34.3 Å². The standard InChI is InChI=1S/C23H18N4OS/c24-13-17-7-5-16(14-25-17)22-21-11-15-6-8-18(12-20(15)23(21)27-26-22)28-9-1-3-19-4-2-10-29-19/h2,4-8,10,12,14H,1,3,9,11H2,(H,26,27). The summed E-state index contributed by atoms with van der Waals surface area (Å²) in [6, 6.07) is 16.2. The van der Waals surface area contributed by atoms with Crippen LogP contribution in [-0.4, -0.2) is 21.8 Å². The fraction of sp³-hybridized carbons (Fsp3) is 0.174. The van der Waals surface area contributed by atoms with E-state index in [0.717, 1.165) is 47.5 Å². The average molecular weight is 398 g/mol. The molecule has 3 aromatic heterocycles. The molecule has 4 aromatic rings. The first kappa shape index (κ1) is 17.7. The molecule has 0 saturated carbocycles. The van der Waals surface area contributed by atoms with Crippen molar-refractivity contribution >= 4 is 11.3 Å². The van der Waals surface area contributed by atoms with E-state index in [1.165, 1.54) is 16.0 Å². The lowest BCUT2D eigenvalue weighted by atomic mass is 10.1. The second-order valence-corrected chi connectivity index (χ2v) is 8.03. The van der Waals surface area contributed by atoms with Crippen LogP contribution in [0.3, 0.4) is 0 Å². The second kappa shape index (κ2) is 7.53. The van der Waals surface area contributed by atoms with Crippen LogP contribution in [-0.2, 0) is 12.8 Å². The zero-order chi connectivity index (χ0) is 19.6. The first-order chi connectivity index (χ1) is 14.3. The lowest BCUT2D eigenvalue weighted by molar-refractivity contribution is 0.311. The monoisotopic (exact) mass is 398 g/mol. The number of aryl methyl sites for hydroxylation is 1. The van der Waals surface area contributed by atoms with Gasteiger partial charge in [-0.1, -0.05) is 12.1 Å². The number of nitrogens with zero attached hydrogens (tertiary/aromatic N) is 3. The van der Waals surface area contributed by atoms with E-state index in [9.17, 15) is 0 Å². The van der Waals surface area contributed by atoms with Gasteiger partial charge in [-0.2, -0.15) is 10.4 Å². The maximum absolute atomic E-state index is 8.94. The van der Waals surface area contributed by atoms with Crippen molar-refractivity contribution in [3.05, 3.63) is 75.7 Å². The molecule has 0 amide bonds. The third-order valence-electron chi connectivity index (χ3n) is 5.15. The number of fused-ring (bicyclic) bond motifs is 3. The van der Waals surface area contributed by atoms with Crippen LogP contribution in [0.15, 0.2) is 54.0 Å². The van der Waals surface area contributed by atoms with E-state index in [2.05, 4.69) is 44.8 Å². The number of ether oxygens (including phenoxy) is 1. The van der Waals surface area contributed by atoms with E-state index in [1.807, 2.05) is 18.2 Å². The molecule has 0 unspecified atom stereocenters. The van der Waals surface area contributed by atoms with Crippen LogP contribution < -0.4 is 4.74 Å². The molecule has 142 valence electrons. The molecule has 0 atom stereocenters. The Balaban J connectivity index is 1.32. The number of thiophene rings is 1. The number of pyridine rings is 1. The number of benzene rings is 1. The summed E-state index contributed by atoms with van der Waals surface area (Å²) in [7, 11) is 0. The molecule has 0 saturated heterocycles. The highest BCUT2D eigenvalue weighted by molar-refractivity contribution is 7.09. The van der Waals surface area contributed by atoms with E-state index in [4.69, 9.17) is 10.00 Å². The van der Waals surface area contributed by atoms with Crippen molar-refractivity contribution in [2.45, 2.75) is 19.3 Å². The van der Waals surface area contributed by atoms with Crippen LogP contribution in [0.5, 0.6) is 5.75 Å². The summed E-state index contributed by atoms with van der Waals surface area (Å²) in [6.07, 6.45) is 4.59. The zero-order valence-corrected chi connectivity index (χ0v) is 16.5. The largest absolute Gasteiger partial charge is 0.494 e. The number of rotatable bonds is 6. The van der Waals surface area contributed by atoms with Gasteiger partial charge in [0.25, 0.3) is 0 Å². The van der Waals surface area contributed by atoms with E-state index in [1.54, 1.807) is 23.6 Å². The van der Waals surface area contributed by atoms with Gasteiger partial charge < -0.3 is 4.74 Å². The highest BCUT2D eigenvalue weighted by Crippen LogP contribution is 2.41. The Morgan fingerprint density at radius 3 is 2.97 bits per heavy atom. The highest BCUT2D eigenvalue weighted by atomic mass is 32.1. The van der Waals surface area contributed by atoms with Crippen molar-refractivity contribution in [2.24, 2.45) is 0 Å². The predicted molar refractivity (Wildman–Crippen MR) is 113 cm³/mol. The van der Waals surface area contributed by atoms with Crippen LogP contribution in [0, 0.1) is 11.3 Å². The smallest absolute Gasteiger partial charge is 0.140 e. The molecule has 0 aliphatic heterocycles. The Kier molecular flexibility index (Phi) is 4.59. The number of nitrogens with one attached hydrogen (secondary N) is 1. The van der Waals surface area contributed by atoms with Gasteiger partial charge in [0.1, 0.15) is 17.5 Å². The molecule has 1 aliphatic carbocycles. The molecule has 1 N–H and O–H groups in total. The van der Waals surface area contributed by atoms with E-state index in [0.29, 0.717) is 12.3 Å². The highest BCUT2D eigenvalue weighted by Gasteiger charge is 2.25. The minimum atomic E-state index is 0.407. The Labute approximate surface area is 172 Å². The summed E-state index contributed by atoms with van der Waals surface area (Å²) in [5, 5.41) is 18.7. The zero-order valence-electron chi connectivity index (χ0n) is 15.7. The first-order valence-corrected chi connectivity index (χ1v) is 10.4. The number of aromatic nitrogens is 3. The average Bonchev–Trinajstić information content (AvgIpc) is 3.48. The van der Waals surface area contributed by atoms with E-state index >= 15 is 0 Å². The van der Waals surface area contributed by atoms with Crippen molar-refractivity contribution in [2.75, 3.05) is 6.61 Å². The van der Waals surface area contributed by atoms with Crippen molar-refractivity contribution in [1.29, 1.82) is 5.26 Å². The summed E-state index contributed by atoms with van der Waals surface area (Å²) in [6.45, 7) is 0.703. The molecule has 5 rings (SSSR count). The molecular formula is C23H18N4OS. The van der Waals surface area contributed by atoms with Crippen LogP contribution in [0.2, 0.25) is 0 Å². The Morgan fingerprint density at radius 1 is 1.21 bits per heavy atom. The maximum Gasteiger partial charge on any atom is 0.140 e. The number of hydrogen-bond acceptors (Lipinski definition) is 5. The summed E-state index contributed by atoms with van der Waals surface area (Å²) in [5.74, 6) is 0.888. The lowest BCUT2D eigenvalue weighted by Gasteiger charge is -2.08. The maximum atomic E-state index is 8.94.